The van der Waals surface area contributed by atoms with Crippen molar-refractivity contribution in [3.63, 3.8) is 0 Å². The van der Waals surface area contributed by atoms with Gasteiger partial charge in [-0.3, -0.25) is 0 Å². The van der Waals surface area contributed by atoms with E-state index in [4.69, 9.17) is 19.2 Å². The number of nitrogens with zero attached hydrogens (tertiary/aromatic N) is 2. The molecule has 1 aromatic carbocycles. The van der Waals surface area contributed by atoms with Crippen molar-refractivity contribution in [2.75, 3.05) is 7.11 Å². The molecule has 5 heteroatoms. The molecule has 0 fully saturated rings. The SMILES string of the molecule is COc1cccc(COc2c(C#N)oc3ccccc23)n1. The first kappa shape index (κ1) is 13.0. The second-order valence-corrected chi connectivity index (χ2v) is 4.33. The Labute approximate surface area is 121 Å². The number of hydrogen-bond acceptors (Lipinski definition) is 5. The van der Waals surface area contributed by atoms with Crippen molar-refractivity contribution in [2.24, 2.45) is 0 Å². The second-order valence-electron chi connectivity index (χ2n) is 4.33. The van der Waals surface area contributed by atoms with Crippen LogP contribution in [0.15, 0.2) is 46.9 Å². The average Bonchev–Trinajstić information content (AvgIpc) is 2.91. The number of pyridine rings is 1. The lowest BCUT2D eigenvalue weighted by Crippen LogP contribution is -2.00. The van der Waals surface area contributed by atoms with E-state index in [1.54, 1.807) is 19.2 Å². The van der Waals surface area contributed by atoms with Crippen LogP contribution in [0.1, 0.15) is 11.5 Å². The largest absolute Gasteiger partial charge is 0.482 e. The van der Waals surface area contributed by atoms with Crippen LogP contribution in [0.2, 0.25) is 0 Å². The Kier molecular flexibility index (Phi) is 3.44. The fourth-order valence-electron chi connectivity index (χ4n) is 2.04. The summed E-state index contributed by atoms with van der Waals surface area (Å²) in [6, 6.07) is 14.8. The molecule has 0 radical (unpaired) electrons. The van der Waals surface area contributed by atoms with E-state index >= 15 is 0 Å². The summed E-state index contributed by atoms with van der Waals surface area (Å²) in [6.45, 7) is 0.232. The lowest BCUT2D eigenvalue weighted by molar-refractivity contribution is 0.296. The number of furan rings is 1. The Morgan fingerprint density at radius 2 is 2.05 bits per heavy atom. The van der Waals surface area contributed by atoms with E-state index in [1.165, 1.54) is 0 Å². The zero-order valence-corrected chi connectivity index (χ0v) is 11.4. The smallest absolute Gasteiger partial charge is 0.246 e. The molecule has 0 N–H and O–H groups in total. The maximum atomic E-state index is 9.14. The van der Waals surface area contributed by atoms with Crippen LogP contribution in [0, 0.1) is 11.3 Å². The van der Waals surface area contributed by atoms with Crippen molar-refractivity contribution in [3.05, 3.63) is 53.9 Å². The molecule has 3 aromatic rings. The quantitative estimate of drug-likeness (QED) is 0.733. The monoisotopic (exact) mass is 280 g/mol. The molecule has 0 aliphatic carbocycles. The number of rotatable bonds is 4. The van der Waals surface area contributed by atoms with Gasteiger partial charge in [0.2, 0.25) is 11.6 Å². The summed E-state index contributed by atoms with van der Waals surface area (Å²) >= 11 is 0. The van der Waals surface area contributed by atoms with E-state index < -0.39 is 0 Å². The van der Waals surface area contributed by atoms with Crippen LogP contribution in [0.3, 0.4) is 0 Å². The van der Waals surface area contributed by atoms with Gasteiger partial charge in [0, 0.05) is 6.07 Å². The molecule has 0 spiro atoms. The van der Waals surface area contributed by atoms with Gasteiger partial charge in [-0.1, -0.05) is 18.2 Å². The van der Waals surface area contributed by atoms with Crippen LogP contribution >= 0.6 is 0 Å². The molecule has 3 rings (SSSR count). The summed E-state index contributed by atoms with van der Waals surface area (Å²) in [5.41, 5.74) is 1.34. The highest BCUT2D eigenvalue weighted by Crippen LogP contribution is 2.32. The number of methoxy groups -OCH3 is 1. The molecule has 0 aliphatic rings. The van der Waals surface area contributed by atoms with Crippen LogP contribution in [0.5, 0.6) is 11.6 Å². The maximum absolute atomic E-state index is 9.14. The normalized spacial score (nSPS) is 10.3. The summed E-state index contributed by atoms with van der Waals surface area (Å²) in [6.07, 6.45) is 0. The van der Waals surface area contributed by atoms with Gasteiger partial charge in [-0.15, -0.1) is 0 Å². The third-order valence-electron chi connectivity index (χ3n) is 3.01. The fourth-order valence-corrected chi connectivity index (χ4v) is 2.04. The topological polar surface area (TPSA) is 68.3 Å². The van der Waals surface area contributed by atoms with Gasteiger partial charge in [0.1, 0.15) is 18.3 Å². The van der Waals surface area contributed by atoms with Crippen molar-refractivity contribution in [1.82, 2.24) is 4.98 Å². The van der Waals surface area contributed by atoms with Crippen LogP contribution < -0.4 is 9.47 Å². The maximum Gasteiger partial charge on any atom is 0.246 e. The van der Waals surface area contributed by atoms with Gasteiger partial charge in [0.25, 0.3) is 0 Å². The highest BCUT2D eigenvalue weighted by Gasteiger charge is 2.15. The van der Waals surface area contributed by atoms with Gasteiger partial charge in [-0.25, -0.2) is 4.98 Å². The van der Waals surface area contributed by atoms with Gasteiger partial charge >= 0.3 is 0 Å². The third kappa shape index (κ3) is 2.51. The number of nitriles is 1. The molecule has 0 saturated carbocycles. The Balaban J connectivity index is 1.89. The molecule has 2 aromatic heterocycles. The lowest BCUT2D eigenvalue weighted by Gasteiger charge is -2.05. The summed E-state index contributed by atoms with van der Waals surface area (Å²) in [4.78, 5) is 4.27. The van der Waals surface area contributed by atoms with Crippen molar-refractivity contribution in [2.45, 2.75) is 6.61 Å². The molecular weight excluding hydrogens is 268 g/mol. The average molecular weight is 280 g/mol. The Bertz CT molecular complexity index is 818. The minimum Gasteiger partial charge on any atom is -0.482 e. The van der Waals surface area contributed by atoms with Gasteiger partial charge in [0.05, 0.1) is 18.2 Å². The van der Waals surface area contributed by atoms with Gasteiger partial charge in [0.15, 0.2) is 5.75 Å². The zero-order chi connectivity index (χ0) is 14.7. The fraction of sp³-hybridized carbons (Fsp3) is 0.125. The first-order valence-corrected chi connectivity index (χ1v) is 6.36. The van der Waals surface area contributed by atoms with Crippen LogP contribution in [-0.4, -0.2) is 12.1 Å². The van der Waals surface area contributed by atoms with Crippen molar-refractivity contribution in [1.29, 1.82) is 5.26 Å². The molecule has 5 nitrogen and oxygen atoms in total. The molecule has 0 aliphatic heterocycles. The molecule has 0 bridgehead atoms. The third-order valence-corrected chi connectivity index (χ3v) is 3.01. The van der Waals surface area contributed by atoms with Crippen molar-refractivity contribution >= 4 is 11.0 Å². The van der Waals surface area contributed by atoms with Crippen molar-refractivity contribution < 1.29 is 13.9 Å². The number of ether oxygens (including phenoxy) is 2. The first-order valence-electron chi connectivity index (χ1n) is 6.36. The van der Waals surface area contributed by atoms with E-state index in [0.717, 1.165) is 5.39 Å². The molecule has 104 valence electrons. The summed E-state index contributed by atoms with van der Waals surface area (Å²) < 4.78 is 16.3. The first-order chi connectivity index (χ1) is 10.3. The minimum absolute atomic E-state index is 0.166. The predicted octanol–water partition coefficient (Wildman–Crippen LogP) is 3.29. The number of fused-ring (bicyclic) bond motifs is 1. The van der Waals surface area contributed by atoms with Crippen LogP contribution in [-0.2, 0) is 6.61 Å². The minimum atomic E-state index is 0.166. The molecule has 0 atom stereocenters. The second kappa shape index (κ2) is 5.55. The molecule has 0 amide bonds. The van der Waals surface area contributed by atoms with Gasteiger partial charge < -0.3 is 13.9 Å². The standard InChI is InChI=1S/C16H12N2O3/c1-19-15-8-4-5-11(18-15)10-20-16-12-6-2-3-7-13(12)21-14(16)9-17/h2-8H,10H2,1H3. The van der Waals surface area contributed by atoms with E-state index in [-0.39, 0.29) is 12.4 Å². The molecule has 0 saturated heterocycles. The highest BCUT2D eigenvalue weighted by molar-refractivity contribution is 5.86. The summed E-state index contributed by atoms with van der Waals surface area (Å²) in [5.74, 6) is 1.13. The van der Waals surface area contributed by atoms with Gasteiger partial charge in [-0.2, -0.15) is 5.26 Å². The number of hydrogen-bond donors (Lipinski definition) is 0. The van der Waals surface area contributed by atoms with Crippen LogP contribution in [0.4, 0.5) is 0 Å². The van der Waals surface area contributed by atoms with E-state index in [0.29, 0.717) is 22.9 Å². The highest BCUT2D eigenvalue weighted by atomic mass is 16.5. The number of para-hydroxylation sites is 1. The Morgan fingerprint density at radius 1 is 1.19 bits per heavy atom. The zero-order valence-electron chi connectivity index (χ0n) is 11.4. The summed E-state index contributed by atoms with van der Waals surface area (Å²) in [7, 11) is 1.56. The summed E-state index contributed by atoms with van der Waals surface area (Å²) in [5, 5.41) is 9.91. The lowest BCUT2D eigenvalue weighted by atomic mass is 10.2. The van der Waals surface area contributed by atoms with Gasteiger partial charge in [-0.05, 0) is 18.2 Å². The van der Waals surface area contributed by atoms with Crippen molar-refractivity contribution in [3.8, 4) is 17.7 Å². The van der Waals surface area contributed by atoms with E-state index in [2.05, 4.69) is 4.98 Å². The molecular formula is C16H12N2O3. The van der Waals surface area contributed by atoms with E-state index in [1.807, 2.05) is 36.4 Å². The molecule has 2 heterocycles. The molecule has 21 heavy (non-hydrogen) atoms. The number of benzene rings is 1. The molecule has 0 unspecified atom stereocenters. The Morgan fingerprint density at radius 3 is 2.86 bits per heavy atom. The van der Waals surface area contributed by atoms with Crippen LogP contribution in [0.25, 0.3) is 11.0 Å². The number of aromatic nitrogens is 1. The van der Waals surface area contributed by atoms with E-state index in [9.17, 15) is 0 Å². The Hall–Kier alpha value is -3.00. The predicted molar refractivity (Wildman–Crippen MR) is 76.1 cm³/mol.